The Balaban J connectivity index is 2.05. The Labute approximate surface area is 94.1 Å². The summed E-state index contributed by atoms with van der Waals surface area (Å²) in [4.78, 5) is 4.31. The highest BCUT2D eigenvalue weighted by Gasteiger charge is 2.24. The number of aromatic nitrogens is 2. The van der Waals surface area contributed by atoms with Crippen molar-refractivity contribution in [3.05, 3.63) is 11.7 Å². The summed E-state index contributed by atoms with van der Waals surface area (Å²) in [6, 6.07) is 0. The maximum atomic E-state index is 5.62. The molecule has 1 aromatic heterocycles. The Bertz CT molecular complexity index is 319. The largest absolute Gasteiger partial charge is 0.376 e. The third-order valence-corrected chi connectivity index (χ3v) is 2.69. The minimum Gasteiger partial charge on any atom is -0.376 e. The topological polar surface area (TPSA) is 83.4 Å². The van der Waals surface area contributed by atoms with Crippen LogP contribution in [-0.2, 0) is 9.47 Å². The molecule has 90 valence electrons. The van der Waals surface area contributed by atoms with Crippen LogP contribution in [0.1, 0.15) is 37.1 Å². The first-order chi connectivity index (χ1) is 7.85. The molecule has 1 saturated heterocycles. The van der Waals surface area contributed by atoms with Gasteiger partial charge in [0.15, 0.2) is 0 Å². The molecule has 2 heterocycles. The molecule has 1 aliphatic rings. The van der Waals surface area contributed by atoms with Gasteiger partial charge in [-0.1, -0.05) is 12.1 Å². The SMILES string of the molecule is CCC(CN)c1nc(C2COCCO2)no1. The van der Waals surface area contributed by atoms with E-state index in [2.05, 4.69) is 10.1 Å². The zero-order valence-electron chi connectivity index (χ0n) is 9.39. The number of ether oxygens (including phenoxy) is 2. The van der Waals surface area contributed by atoms with E-state index in [0.29, 0.717) is 38.1 Å². The van der Waals surface area contributed by atoms with Gasteiger partial charge in [-0.15, -0.1) is 0 Å². The van der Waals surface area contributed by atoms with E-state index in [1.165, 1.54) is 0 Å². The Morgan fingerprint density at radius 2 is 2.38 bits per heavy atom. The van der Waals surface area contributed by atoms with E-state index in [-0.39, 0.29) is 12.0 Å². The predicted octanol–water partition coefficient (Wildman–Crippen LogP) is 0.610. The lowest BCUT2D eigenvalue weighted by atomic mass is 10.1. The minimum absolute atomic E-state index is 0.130. The highest BCUT2D eigenvalue weighted by atomic mass is 16.6. The number of hydrogen-bond donors (Lipinski definition) is 1. The predicted molar refractivity (Wildman–Crippen MR) is 55.9 cm³/mol. The fourth-order valence-electron chi connectivity index (χ4n) is 1.62. The Kier molecular flexibility index (Phi) is 3.87. The fraction of sp³-hybridized carbons (Fsp3) is 0.800. The average molecular weight is 227 g/mol. The Morgan fingerprint density at radius 1 is 1.50 bits per heavy atom. The van der Waals surface area contributed by atoms with Crippen LogP contribution in [0.4, 0.5) is 0 Å². The van der Waals surface area contributed by atoms with Crippen LogP contribution in [0.25, 0.3) is 0 Å². The third-order valence-electron chi connectivity index (χ3n) is 2.69. The van der Waals surface area contributed by atoms with Crippen molar-refractivity contribution in [2.24, 2.45) is 5.73 Å². The van der Waals surface area contributed by atoms with Gasteiger partial charge in [0.05, 0.1) is 25.7 Å². The van der Waals surface area contributed by atoms with E-state index >= 15 is 0 Å². The van der Waals surface area contributed by atoms with E-state index in [4.69, 9.17) is 19.7 Å². The molecule has 0 amide bonds. The highest BCUT2D eigenvalue weighted by Crippen LogP contribution is 2.21. The Hall–Kier alpha value is -0.980. The van der Waals surface area contributed by atoms with Crippen molar-refractivity contribution in [2.75, 3.05) is 26.4 Å². The van der Waals surface area contributed by atoms with Crippen LogP contribution >= 0.6 is 0 Å². The average Bonchev–Trinajstić information content (AvgIpc) is 2.81. The van der Waals surface area contributed by atoms with Crippen molar-refractivity contribution < 1.29 is 14.0 Å². The smallest absolute Gasteiger partial charge is 0.231 e. The summed E-state index contributed by atoms with van der Waals surface area (Å²) < 4.78 is 16.0. The highest BCUT2D eigenvalue weighted by molar-refractivity contribution is 4.97. The van der Waals surface area contributed by atoms with Gasteiger partial charge in [-0.05, 0) is 6.42 Å². The molecular formula is C10H17N3O3. The van der Waals surface area contributed by atoms with Crippen molar-refractivity contribution >= 4 is 0 Å². The molecule has 0 saturated carbocycles. The van der Waals surface area contributed by atoms with Crippen molar-refractivity contribution in [1.29, 1.82) is 0 Å². The van der Waals surface area contributed by atoms with Gasteiger partial charge in [0, 0.05) is 6.54 Å². The van der Waals surface area contributed by atoms with Gasteiger partial charge >= 0.3 is 0 Å². The van der Waals surface area contributed by atoms with Crippen LogP contribution in [0.15, 0.2) is 4.52 Å². The number of nitrogens with zero attached hydrogens (tertiary/aromatic N) is 2. The van der Waals surface area contributed by atoms with Crippen LogP contribution in [0.3, 0.4) is 0 Å². The number of nitrogens with two attached hydrogens (primary N) is 1. The molecule has 2 rings (SSSR count). The molecule has 0 radical (unpaired) electrons. The second kappa shape index (κ2) is 5.38. The molecular weight excluding hydrogens is 210 g/mol. The molecule has 1 aliphatic heterocycles. The molecule has 1 aromatic rings. The minimum atomic E-state index is -0.207. The summed E-state index contributed by atoms with van der Waals surface area (Å²) in [5.74, 6) is 1.28. The van der Waals surface area contributed by atoms with Crippen molar-refractivity contribution in [2.45, 2.75) is 25.4 Å². The third kappa shape index (κ3) is 2.40. The van der Waals surface area contributed by atoms with Crippen molar-refractivity contribution in [1.82, 2.24) is 10.1 Å². The quantitative estimate of drug-likeness (QED) is 0.811. The number of rotatable bonds is 4. The molecule has 16 heavy (non-hydrogen) atoms. The second-order valence-corrected chi connectivity index (χ2v) is 3.77. The van der Waals surface area contributed by atoms with Crippen LogP contribution in [0.5, 0.6) is 0 Å². The van der Waals surface area contributed by atoms with Crippen LogP contribution in [0.2, 0.25) is 0 Å². The van der Waals surface area contributed by atoms with Crippen molar-refractivity contribution in [3.8, 4) is 0 Å². The van der Waals surface area contributed by atoms with E-state index in [1.54, 1.807) is 0 Å². The molecule has 2 atom stereocenters. The maximum absolute atomic E-state index is 5.62. The summed E-state index contributed by atoms with van der Waals surface area (Å²) in [7, 11) is 0. The maximum Gasteiger partial charge on any atom is 0.231 e. The molecule has 1 fully saturated rings. The van der Waals surface area contributed by atoms with E-state index < -0.39 is 0 Å². The van der Waals surface area contributed by atoms with Gasteiger partial charge in [-0.2, -0.15) is 4.98 Å². The molecule has 0 bridgehead atoms. The van der Waals surface area contributed by atoms with Crippen LogP contribution < -0.4 is 5.73 Å². The molecule has 6 nitrogen and oxygen atoms in total. The summed E-state index contributed by atoms with van der Waals surface area (Å²) >= 11 is 0. The molecule has 0 spiro atoms. The normalized spacial score (nSPS) is 23.2. The second-order valence-electron chi connectivity index (χ2n) is 3.77. The van der Waals surface area contributed by atoms with E-state index in [1.807, 2.05) is 6.92 Å². The first-order valence-electron chi connectivity index (χ1n) is 5.58. The van der Waals surface area contributed by atoms with E-state index in [9.17, 15) is 0 Å². The van der Waals surface area contributed by atoms with Gasteiger partial charge in [-0.25, -0.2) is 0 Å². The number of hydrogen-bond acceptors (Lipinski definition) is 6. The molecule has 0 aromatic carbocycles. The molecule has 6 heteroatoms. The summed E-state index contributed by atoms with van der Waals surface area (Å²) in [5.41, 5.74) is 5.62. The summed E-state index contributed by atoms with van der Waals surface area (Å²) in [6.45, 7) is 4.24. The molecule has 2 N–H and O–H groups in total. The fourth-order valence-corrected chi connectivity index (χ4v) is 1.62. The summed E-state index contributed by atoms with van der Waals surface area (Å²) in [6.07, 6.45) is 0.682. The zero-order chi connectivity index (χ0) is 11.4. The van der Waals surface area contributed by atoms with E-state index in [0.717, 1.165) is 6.42 Å². The first kappa shape index (κ1) is 11.5. The lowest BCUT2D eigenvalue weighted by molar-refractivity contribution is -0.0941. The van der Waals surface area contributed by atoms with Gasteiger partial charge in [0.1, 0.15) is 6.10 Å². The monoisotopic (exact) mass is 227 g/mol. The van der Waals surface area contributed by atoms with Crippen molar-refractivity contribution in [3.63, 3.8) is 0 Å². The lowest BCUT2D eigenvalue weighted by Gasteiger charge is -2.19. The molecule has 0 aliphatic carbocycles. The van der Waals surface area contributed by atoms with Gasteiger partial charge in [0.2, 0.25) is 11.7 Å². The Morgan fingerprint density at radius 3 is 3.00 bits per heavy atom. The van der Waals surface area contributed by atoms with Gasteiger partial charge < -0.3 is 19.7 Å². The first-order valence-corrected chi connectivity index (χ1v) is 5.58. The summed E-state index contributed by atoms with van der Waals surface area (Å²) in [5, 5.41) is 3.91. The van der Waals surface area contributed by atoms with Gasteiger partial charge in [-0.3, -0.25) is 0 Å². The van der Waals surface area contributed by atoms with Gasteiger partial charge in [0.25, 0.3) is 0 Å². The van der Waals surface area contributed by atoms with Crippen LogP contribution in [-0.4, -0.2) is 36.5 Å². The lowest BCUT2D eigenvalue weighted by Crippen LogP contribution is -2.23. The standard InChI is InChI=1S/C10H17N3O3/c1-2-7(5-11)10-12-9(13-16-10)8-6-14-3-4-15-8/h7-8H,2-6,11H2,1H3. The zero-order valence-corrected chi connectivity index (χ0v) is 9.39. The molecule has 2 unspecified atom stereocenters. The van der Waals surface area contributed by atoms with Crippen LogP contribution in [0, 0.1) is 0 Å².